The summed E-state index contributed by atoms with van der Waals surface area (Å²) in [6.45, 7) is 1.72. The molecule has 0 saturated heterocycles. The summed E-state index contributed by atoms with van der Waals surface area (Å²) in [5, 5.41) is 2.57. The minimum absolute atomic E-state index is 0.451. The number of ether oxygens (including phenoxy) is 1. The summed E-state index contributed by atoms with van der Waals surface area (Å²) >= 11 is 0. The van der Waals surface area contributed by atoms with Crippen LogP contribution in [0.3, 0.4) is 0 Å². The van der Waals surface area contributed by atoms with Gasteiger partial charge in [0.15, 0.2) is 0 Å². The Labute approximate surface area is 121 Å². The van der Waals surface area contributed by atoms with E-state index < -0.39 is 29.1 Å². The van der Waals surface area contributed by atoms with Gasteiger partial charge in [-0.15, -0.1) is 0 Å². The van der Waals surface area contributed by atoms with Crippen LogP contribution in [0.15, 0.2) is 42.5 Å². The first-order chi connectivity index (χ1) is 10.0. The van der Waals surface area contributed by atoms with Gasteiger partial charge in [0.05, 0.1) is 13.2 Å². The molecule has 0 heterocycles. The predicted molar refractivity (Wildman–Crippen MR) is 75.2 cm³/mol. The second kappa shape index (κ2) is 6.35. The Morgan fingerprint density at radius 1 is 1.10 bits per heavy atom. The molecule has 2 aromatic carbocycles. The van der Waals surface area contributed by atoms with Crippen LogP contribution >= 0.6 is 0 Å². The highest BCUT2D eigenvalue weighted by Gasteiger charge is 2.20. The summed E-state index contributed by atoms with van der Waals surface area (Å²) in [6, 6.07) is 9.98. The molecule has 110 valence electrons. The molecular formula is C16H15F2NO2. The Kier molecular flexibility index (Phi) is 4.52. The van der Waals surface area contributed by atoms with Crippen molar-refractivity contribution in [1.29, 1.82) is 0 Å². The second-order valence-corrected chi connectivity index (χ2v) is 4.53. The van der Waals surface area contributed by atoms with Gasteiger partial charge in [-0.1, -0.05) is 24.3 Å². The van der Waals surface area contributed by atoms with Crippen molar-refractivity contribution in [2.24, 2.45) is 0 Å². The Balaban J connectivity index is 2.23. The maximum Gasteiger partial charge on any atom is 0.257 e. The van der Waals surface area contributed by atoms with Gasteiger partial charge in [-0.05, 0) is 25.1 Å². The van der Waals surface area contributed by atoms with Crippen molar-refractivity contribution in [3.63, 3.8) is 0 Å². The summed E-state index contributed by atoms with van der Waals surface area (Å²) in [5.74, 6) is -1.98. The number of hydrogen-bond donors (Lipinski definition) is 1. The average Bonchev–Trinajstić information content (AvgIpc) is 2.46. The molecule has 0 saturated carbocycles. The predicted octanol–water partition coefficient (Wildman–Crippen LogP) is 3.46. The van der Waals surface area contributed by atoms with Crippen LogP contribution in [0.5, 0.6) is 5.75 Å². The Bertz CT molecular complexity index is 638. The molecule has 1 atom stereocenters. The van der Waals surface area contributed by atoms with Crippen molar-refractivity contribution < 1.29 is 18.3 Å². The van der Waals surface area contributed by atoms with Gasteiger partial charge in [0.25, 0.3) is 5.91 Å². The molecule has 0 bridgehead atoms. The molecule has 2 aromatic rings. The molecule has 0 fully saturated rings. The van der Waals surface area contributed by atoms with Crippen LogP contribution in [0.4, 0.5) is 8.78 Å². The molecule has 0 aliphatic carbocycles. The second-order valence-electron chi connectivity index (χ2n) is 4.53. The van der Waals surface area contributed by atoms with Gasteiger partial charge in [-0.3, -0.25) is 4.79 Å². The van der Waals surface area contributed by atoms with Crippen LogP contribution in [-0.2, 0) is 0 Å². The number of carbonyl (C=O) groups excluding carboxylic acids is 1. The van der Waals surface area contributed by atoms with Crippen molar-refractivity contribution in [1.82, 2.24) is 5.32 Å². The van der Waals surface area contributed by atoms with Crippen LogP contribution < -0.4 is 10.1 Å². The molecule has 0 spiro atoms. The SMILES string of the molecule is COc1ccccc1C(C)NC(=O)c1c(F)cccc1F. The number of amides is 1. The Morgan fingerprint density at radius 2 is 1.71 bits per heavy atom. The largest absolute Gasteiger partial charge is 0.496 e. The number of para-hydroxylation sites is 1. The minimum Gasteiger partial charge on any atom is -0.496 e. The van der Waals surface area contributed by atoms with Gasteiger partial charge in [0, 0.05) is 5.56 Å². The molecule has 5 heteroatoms. The molecule has 3 nitrogen and oxygen atoms in total. The number of nitrogens with one attached hydrogen (secondary N) is 1. The molecule has 0 aliphatic heterocycles. The van der Waals surface area contributed by atoms with Crippen molar-refractivity contribution in [2.75, 3.05) is 7.11 Å². The lowest BCUT2D eigenvalue weighted by molar-refractivity contribution is 0.0931. The number of rotatable bonds is 4. The standard InChI is InChI=1S/C16H15F2NO2/c1-10(11-6-3-4-9-14(11)21-2)19-16(20)15-12(17)7-5-8-13(15)18/h3-10H,1-2H3,(H,19,20). The van der Waals surface area contributed by atoms with Crippen molar-refractivity contribution >= 4 is 5.91 Å². The zero-order valence-electron chi connectivity index (χ0n) is 11.7. The Morgan fingerprint density at radius 3 is 2.33 bits per heavy atom. The molecule has 1 N–H and O–H groups in total. The number of halogens is 2. The fourth-order valence-corrected chi connectivity index (χ4v) is 2.09. The van der Waals surface area contributed by atoms with E-state index in [9.17, 15) is 13.6 Å². The van der Waals surface area contributed by atoms with Gasteiger partial charge < -0.3 is 10.1 Å². The van der Waals surface area contributed by atoms with Crippen LogP contribution in [0.2, 0.25) is 0 Å². The van der Waals surface area contributed by atoms with Crippen LogP contribution in [0, 0.1) is 11.6 Å². The molecule has 2 rings (SSSR count). The highest BCUT2D eigenvalue weighted by Crippen LogP contribution is 2.25. The van der Waals surface area contributed by atoms with Crippen LogP contribution in [-0.4, -0.2) is 13.0 Å². The zero-order chi connectivity index (χ0) is 15.4. The van der Waals surface area contributed by atoms with Gasteiger partial charge in [0.2, 0.25) is 0 Å². The summed E-state index contributed by atoms with van der Waals surface area (Å²) in [5.41, 5.74) is 0.143. The van der Waals surface area contributed by atoms with Crippen molar-refractivity contribution in [3.05, 3.63) is 65.2 Å². The normalized spacial score (nSPS) is 11.8. The number of benzene rings is 2. The van der Waals surface area contributed by atoms with Gasteiger partial charge in [-0.25, -0.2) is 8.78 Å². The third-order valence-corrected chi connectivity index (χ3v) is 3.14. The highest BCUT2D eigenvalue weighted by atomic mass is 19.1. The first-order valence-corrected chi connectivity index (χ1v) is 6.42. The fraction of sp³-hybridized carbons (Fsp3) is 0.188. The van der Waals surface area contributed by atoms with Crippen LogP contribution in [0.1, 0.15) is 28.9 Å². The van der Waals surface area contributed by atoms with E-state index in [2.05, 4.69) is 5.32 Å². The molecule has 0 aromatic heterocycles. The van der Waals surface area contributed by atoms with Gasteiger partial charge >= 0.3 is 0 Å². The lowest BCUT2D eigenvalue weighted by Gasteiger charge is -2.17. The smallest absolute Gasteiger partial charge is 0.257 e. The first kappa shape index (κ1) is 15.0. The number of methoxy groups -OCH3 is 1. The summed E-state index contributed by atoms with van der Waals surface area (Å²) in [7, 11) is 1.52. The monoisotopic (exact) mass is 291 g/mol. The summed E-state index contributed by atoms with van der Waals surface area (Å²) in [6.07, 6.45) is 0. The Hall–Kier alpha value is -2.43. The zero-order valence-corrected chi connectivity index (χ0v) is 11.7. The van der Waals surface area contributed by atoms with Crippen molar-refractivity contribution in [3.8, 4) is 5.75 Å². The van der Waals surface area contributed by atoms with E-state index >= 15 is 0 Å². The fourth-order valence-electron chi connectivity index (χ4n) is 2.09. The molecule has 0 aliphatic rings. The quantitative estimate of drug-likeness (QED) is 0.936. The minimum atomic E-state index is -0.889. The van der Waals surface area contributed by atoms with E-state index in [0.29, 0.717) is 5.75 Å². The molecular weight excluding hydrogens is 276 g/mol. The lowest BCUT2D eigenvalue weighted by atomic mass is 10.1. The van der Waals surface area contributed by atoms with E-state index in [1.165, 1.54) is 13.2 Å². The summed E-state index contributed by atoms with van der Waals surface area (Å²) < 4.78 is 32.3. The molecule has 1 amide bonds. The van der Waals surface area contributed by atoms with Crippen molar-refractivity contribution in [2.45, 2.75) is 13.0 Å². The first-order valence-electron chi connectivity index (χ1n) is 6.42. The third-order valence-electron chi connectivity index (χ3n) is 3.14. The number of hydrogen-bond acceptors (Lipinski definition) is 2. The highest BCUT2D eigenvalue weighted by molar-refractivity contribution is 5.95. The molecule has 0 radical (unpaired) electrons. The topological polar surface area (TPSA) is 38.3 Å². The maximum absolute atomic E-state index is 13.6. The van der Waals surface area contributed by atoms with E-state index in [1.54, 1.807) is 31.2 Å². The van der Waals surface area contributed by atoms with Gasteiger partial charge in [-0.2, -0.15) is 0 Å². The van der Waals surface area contributed by atoms with E-state index in [-0.39, 0.29) is 0 Å². The van der Waals surface area contributed by atoms with Gasteiger partial charge in [0.1, 0.15) is 22.9 Å². The van der Waals surface area contributed by atoms with E-state index in [0.717, 1.165) is 17.7 Å². The average molecular weight is 291 g/mol. The maximum atomic E-state index is 13.6. The van der Waals surface area contributed by atoms with E-state index in [4.69, 9.17) is 4.74 Å². The van der Waals surface area contributed by atoms with E-state index in [1.807, 2.05) is 0 Å². The van der Waals surface area contributed by atoms with Crippen LogP contribution in [0.25, 0.3) is 0 Å². The number of carbonyl (C=O) groups is 1. The third kappa shape index (κ3) is 3.18. The molecule has 21 heavy (non-hydrogen) atoms. The lowest BCUT2D eigenvalue weighted by Crippen LogP contribution is -2.28. The summed E-state index contributed by atoms with van der Waals surface area (Å²) in [4.78, 5) is 12.0. The molecule has 1 unspecified atom stereocenters.